The zero-order valence-corrected chi connectivity index (χ0v) is 18.0. The van der Waals surface area contributed by atoms with Crippen LogP contribution in [0, 0.1) is 0 Å². The number of hydrogen-bond acceptors (Lipinski definition) is 3. The lowest BCUT2D eigenvalue weighted by atomic mass is 10.1. The van der Waals surface area contributed by atoms with E-state index in [1.807, 2.05) is 0 Å². The molecule has 152 valence electrons. The highest BCUT2D eigenvalue weighted by atomic mass is 32.2. The summed E-state index contributed by atoms with van der Waals surface area (Å²) in [5, 5.41) is 0. The molecule has 1 rings (SSSR count). The molecule has 1 aliphatic heterocycles. The first-order valence-electron chi connectivity index (χ1n) is 10.4. The molecule has 1 saturated heterocycles. The minimum Gasteiger partial charge on any atom is -0.735 e. The number of unbranched alkanes of at least 4 members (excludes halogenated alkanes) is 4. The highest BCUT2D eigenvalue weighted by Gasteiger charge is 2.24. The van der Waals surface area contributed by atoms with Crippen molar-refractivity contribution < 1.29 is 17.5 Å². The minimum absolute atomic E-state index is 0.409. The van der Waals surface area contributed by atoms with Gasteiger partial charge in [0.1, 0.15) is 0 Å². The van der Waals surface area contributed by atoms with E-state index in [1.165, 1.54) is 82.0 Å². The normalized spacial score (nSPS) is 15.4. The third kappa shape index (κ3) is 11.2. The fourth-order valence-corrected chi connectivity index (χ4v) is 3.86. The van der Waals surface area contributed by atoms with Crippen molar-refractivity contribution in [2.75, 3.05) is 39.3 Å². The van der Waals surface area contributed by atoms with E-state index in [9.17, 15) is 13.0 Å². The Hall–Kier alpha value is -0.170. The lowest BCUT2D eigenvalue weighted by molar-refractivity contribution is -0.929. The van der Waals surface area contributed by atoms with Gasteiger partial charge in [0.05, 0.1) is 26.2 Å². The van der Waals surface area contributed by atoms with Gasteiger partial charge < -0.3 is 9.04 Å². The van der Waals surface area contributed by atoms with Crippen molar-refractivity contribution in [3.05, 3.63) is 0 Å². The highest BCUT2D eigenvalue weighted by molar-refractivity contribution is 7.83. The number of quaternary nitrogens is 1. The van der Waals surface area contributed by atoms with Gasteiger partial charge in [0, 0.05) is 13.1 Å². The second kappa shape index (κ2) is 14.0. The summed E-state index contributed by atoms with van der Waals surface area (Å²) in [4.78, 5) is 0. The van der Waals surface area contributed by atoms with E-state index in [0.717, 1.165) is 10.7 Å². The Bertz CT molecular complexity index is 371. The van der Waals surface area contributed by atoms with E-state index in [4.69, 9.17) is 0 Å². The van der Waals surface area contributed by atoms with Crippen LogP contribution in [0.3, 0.4) is 0 Å². The van der Waals surface area contributed by atoms with Crippen LogP contribution in [-0.4, -0.2) is 61.0 Å². The summed E-state index contributed by atoms with van der Waals surface area (Å²) in [5.41, 5.74) is 0. The molecule has 0 aromatic carbocycles. The molecule has 1 aliphatic rings. The summed E-state index contributed by atoms with van der Waals surface area (Å²) >= 11 is 0. The van der Waals surface area contributed by atoms with Gasteiger partial charge in [0.15, 0.2) is 10.3 Å². The molecule has 1 heterocycles. The summed E-state index contributed by atoms with van der Waals surface area (Å²) in [6.07, 6.45) is 11.9. The van der Waals surface area contributed by atoms with Crippen LogP contribution in [0.15, 0.2) is 0 Å². The molecule has 5 nitrogen and oxygen atoms in total. The summed E-state index contributed by atoms with van der Waals surface area (Å²) < 4.78 is 32.3. The van der Waals surface area contributed by atoms with E-state index >= 15 is 0 Å². The Morgan fingerprint density at radius 3 is 1.20 bits per heavy atom. The highest BCUT2D eigenvalue weighted by Crippen LogP contribution is 2.16. The molecule has 0 radical (unpaired) electrons. The van der Waals surface area contributed by atoms with E-state index in [1.54, 1.807) is 0 Å². The van der Waals surface area contributed by atoms with Crippen LogP contribution in [0.25, 0.3) is 0 Å². The number of rotatable bonds is 13. The second-order valence-electron chi connectivity index (χ2n) is 7.36. The Labute approximate surface area is 157 Å². The van der Waals surface area contributed by atoms with E-state index in [0.29, 0.717) is 13.1 Å². The van der Waals surface area contributed by atoms with Crippen LogP contribution in [-0.2, 0) is 10.3 Å². The molecular weight excluding hydrogens is 336 g/mol. The molecule has 6 heteroatoms. The molecule has 0 aromatic rings. The quantitative estimate of drug-likeness (QED) is 0.357. The van der Waals surface area contributed by atoms with E-state index in [-0.39, 0.29) is 0 Å². The van der Waals surface area contributed by atoms with E-state index in [2.05, 4.69) is 27.7 Å². The maximum Gasteiger partial charge on any atom is 0.161 e. The minimum atomic E-state index is -4.08. The van der Waals surface area contributed by atoms with Gasteiger partial charge in [-0.2, -0.15) is 0 Å². The standard InChI is InChI=1S/C16H36N.C3H7NO3S/c1-5-9-13-17(14-10-6-2,15-11-7-3)16-12-8-4;5-8(6,7)4-2-1-3-4/h5-16H2,1-4H3;1-3H2,(H,5,6,7)/q+1;/p-1. The van der Waals surface area contributed by atoms with Gasteiger partial charge >= 0.3 is 0 Å². The molecule has 0 atom stereocenters. The monoisotopic (exact) mass is 378 g/mol. The van der Waals surface area contributed by atoms with Crippen molar-refractivity contribution in [2.45, 2.75) is 85.5 Å². The van der Waals surface area contributed by atoms with Gasteiger partial charge in [-0.25, -0.2) is 12.7 Å². The molecule has 1 fully saturated rings. The average Bonchev–Trinajstić information content (AvgIpc) is 2.51. The molecule has 0 saturated carbocycles. The van der Waals surface area contributed by atoms with Crippen LogP contribution >= 0.6 is 0 Å². The van der Waals surface area contributed by atoms with Gasteiger partial charge in [-0.1, -0.05) is 53.4 Å². The first kappa shape index (κ1) is 24.8. The van der Waals surface area contributed by atoms with Crippen LogP contribution in [0.1, 0.15) is 85.5 Å². The summed E-state index contributed by atoms with van der Waals surface area (Å²) in [5.74, 6) is 0. The smallest absolute Gasteiger partial charge is 0.161 e. The van der Waals surface area contributed by atoms with Crippen LogP contribution in [0.2, 0.25) is 0 Å². The third-order valence-electron chi connectivity index (χ3n) is 5.08. The molecule has 0 aromatic heterocycles. The molecule has 0 aliphatic carbocycles. The maximum absolute atomic E-state index is 9.98. The summed E-state index contributed by atoms with van der Waals surface area (Å²) in [7, 11) is -4.08. The van der Waals surface area contributed by atoms with Crippen molar-refractivity contribution >= 4 is 10.3 Å². The Kier molecular flexibility index (Phi) is 13.9. The fourth-order valence-electron chi connectivity index (χ4n) is 3.16. The predicted octanol–water partition coefficient (Wildman–Crippen LogP) is 4.16. The van der Waals surface area contributed by atoms with Crippen molar-refractivity contribution in [2.24, 2.45) is 0 Å². The molecule has 0 unspecified atom stereocenters. The first-order valence-corrected chi connectivity index (χ1v) is 11.8. The summed E-state index contributed by atoms with van der Waals surface area (Å²) in [6, 6.07) is 0. The second-order valence-corrected chi connectivity index (χ2v) is 8.73. The van der Waals surface area contributed by atoms with Crippen LogP contribution in [0.5, 0.6) is 0 Å². The number of hydrogen-bond donors (Lipinski definition) is 0. The Morgan fingerprint density at radius 1 is 0.760 bits per heavy atom. The fraction of sp³-hybridized carbons (Fsp3) is 1.00. The van der Waals surface area contributed by atoms with Gasteiger partial charge in [0.2, 0.25) is 0 Å². The molecule has 0 bridgehead atoms. The van der Waals surface area contributed by atoms with Gasteiger partial charge in [-0.3, -0.25) is 0 Å². The molecule has 0 amide bonds. The molecule has 0 spiro atoms. The first-order chi connectivity index (χ1) is 11.8. The van der Waals surface area contributed by atoms with Gasteiger partial charge in [-0.05, 0) is 32.1 Å². The SMILES string of the molecule is CCCC[N+](CCCC)(CCCC)CCCC.O=S(=O)([O-])N1CCC1. The van der Waals surface area contributed by atoms with Crippen molar-refractivity contribution in [1.29, 1.82) is 0 Å². The average molecular weight is 379 g/mol. The molecular formula is C19H42N2O3S. The summed E-state index contributed by atoms with van der Waals surface area (Å²) in [6.45, 7) is 15.8. The Balaban J connectivity index is 0.000000593. The van der Waals surface area contributed by atoms with Gasteiger partial charge in [-0.15, -0.1) is 0 Å². The lowest BCUT2D eigenvalue weighted by Gasteiger charge is -2.39. The van der Waals surface area contributed by atoms with E-state index < -0.39 is 10.3 Å². The topological polar surface area (TPSA) is 60.4 Å². The van der Waals surface area contributed by atoms with Crippen LogP contribution < -0.4 is 0 Å². The zero-order valence-electron chi connectivity index (χ0n) is 17.1. The van der Waals surface area contributed by atoms with Crippen molar-refractivity contribution in [3.8, 4) is 0 Å². The largest absolute Gasteiger partial charge is 0.735 e. The van der Waals surface area contributed by atoms with Crippen molar-refractivity contribution in [1.82, 2.24) is 4.31 Å². The van der Waals surface area contributed by atoms with Gasteiger partial charge in [0.25, 0.3) is 0 Å². The molecule has 25 heavy (non-hydrogen) atoms. The van der Waals surface area contributed by atoms with Crippen LogP contribution in [0.4, 0.5) is 0 Å². The number of nitrogens with zero attached hydrogens (tertiary/aromatic N) is 2. The molecule has 0 N–H and O–H groups in total. The Morgan fingerprint density at radius 2 is 1.08 bits per heavy atom. The zero-order chi connectivity index (χ0) is 19.2. The maximum atomic E-state index is 9.98. The predicted molar refractivity (Wildman–Crippen MR) is 105 cm³/mol. The lowest BCUT2D eigenvalue weighted by Crippen LogP contribution is -2.50. The third-order valence-corrected chi connectivity index (χ3v) is 6.07. The van der Waals surface area contributed by atoms with Crippen molar-refractivity contribution in [3.63, 3.8) is 0 Å².